The highest BCUT2D eigenvalue weighted by Gasteiger charge is 2.08. The van der Waals surface area contributed by atoms with Crippen LogP contribution in [0.5, 0.6) is 0 Å². The predicted molar refractivity (Wildman–Crippen MR) is 86.7 cm³/mol. The van der Waals surface area contributed by atoms with E-state index in [9.17, 15) is 4.79 Å². The third-order valence-corrected chi connectivity index (χ3v) is 4.13. The standard InChI is InChI=1S/C15H12ClN3OS/c16-11-4-1-9(2-5-11)8-18-14(20)10-3-6-12-13(7-10)21-15(17)19-12/h1-7H,8H2,(H2,17,19)(H,18,20). The van der Waals surface area contributed by atoms with Crippen molar-refractivity contribution in [2.45, 2.75) is 6.54 Å². The minimum Gasteiger partial charge on any atom is -0.375 e. The molecule has 3 rings (SSSR count). The second-order valence-corrected chi connectivity index (χ2v) is 6.04. The van der Waals surface area contributed by atoms with Crippen LogP contribution in [0.1, 0.15) is 15.9 Å². The van der Waals surface area contributed by atoms with Gasteiger partial charge < -0.3 is 11.1 Å². The molecule has 0 unspecified atom stereocenters. The topological polar surface area (TPSA) is 68.0 Å². The number of hydrogen-bond donors (Lipinski definition) is 2. The van der Waals surface area contributed by atoms with E-state index in [4.69, 9.17) is 17.3 Å². The Morgan fingerprint density at radius 1 is 1.24 bits per heavy atom. The zero-order chi connectivity index (χ0) is 14.8. The fourth-order valence-corrected chi connectivity index (χ4v) is 2.87. The van der Waals surface area contributed by atoms with Crippen LogP contribution in [-0.4, -0.2) is 10.9 Å². The van der Waals surface area contributed by atoms with Crippen LogP contribution in [0.4, 0.5) is 5.13 Å². The molecular formula is C15H12ClN3OS. The molecule has 0 atom stereocenters. The summed E-state index contributed by atoms with van der Waals surface area (Å²) in [5, 5.41) is 4.06. The van der Waals surface area contributed by atoms with Crippen LogP contribution >= 0.6 is 22.9 Å². The number of anilines is 1. The third kappa shape index (κ3) is 3.15. The molecule has 3 N–H and O–H groups in total. The highest BCUT2D eigenvalue weighted by Crippen LogP contribution is 2.24. The van der Waals surface area contributed by atoms with Crippen LogP contribution in [-0.2, 0) is 6.54 Å². The van der Waals surface area contributed by atoms with Crippen molar-refractivity contribution in [2.24, 2.45) is 0 Å². The summed E-state index contributed by atoms with van der Waals surface area (Å²) >= 11 is 7.20. The molecule has 1 amide bonds. The predicted octanol–water partition coefficient (Wildman–Crippen LogP) is 3.46. The number of nitrogens with zero attached hydrogens (tertiary/aromatic N) is 1. The number of rotatable bonds is 3. The van der Waals surface area contributed by atoms with E-state index in [1.54, 1.807) is 30.3 Å². The summed E-state index contributed by atoms with van der Waals surface area (Å²) in [6, 6.07) is 12.7. The molecule has 1 aromatic heterocycles. The molecule has 0 saturated heterocycles. The maximum atomic E-state index is 12.2. The summed E-state index contributed by atoms with van der Waals surface area (Å²) in [4.78, 5) is 16.3. The number of thiazole rings is 1. The fourth-order valence-electron chi connectivity index (χ4n) is 1.97. The van der Waals surface area contributed by atoms with Crippen molar-refractivity contribution in [3.05, 3.63) is 58.6 Å². The van der Waals surface area contributed by atoms with E-state index < -0.39 is 0 Å². The van der Waals surface area contributed by atoms with Crippen LogP contribution in [0.15, 0.2) is 42.5 Å². The SMILES string of the molecule is Nc1nc2ccc(C(=O)NCc3ccc(Cl)cc3)cc2s1. The lowest BCUT2D eigenvalue weighted by molar-refractivity contribution is 0.0951. The van der Waals surface area contributed by atoms with Gasteiger partial charge in [0, 0.05) is 17.1 Å². The smallest absolute Gasteiger partial charge is 0.251 e. The summed E-state index contributed by atoms with van der Waals surface area (Å²) in [6.07, 6.45) is 0. The second-order valence-electron chi connectivity index (χ2n) is 4.54. The van der Waals surface area contributed by atoms with Crippen molar-refractivity contribution in [1.29, 1.82) is 0 Å². The summed E-state index contributed by atoms with van der Waals surface area (Å²) < 4.78 is 0.909. The summed E-state index contributed by atoms with van der Waals surface area (Å²) in [6.45, 7) is 0.457. The van der Waals surface area contributed by atoms with Crippen LogP contribution < -0.4 is 11.1 Å². The first-order valence-electron chi connectivity index (χ1n) is 6.30. The molecule has 6 heteroatoms. The van der Waals surface area contributed by atoms with Crippen molar-refractivity contribution >= 4 is 44.2 Å². The fraction of sp³-hybridized carbons (Fsp3) is 0.0667. The lowest BCUT2D eigenvalue weighted by atomic mass is 10.2. The number of carbonyl (C=O) groups is 1. The molecule has 2 aromatic carbocycles. The largest absolute Gasteiger partial charge is 0.375 e. The van der Waals surface area contributed by atoms with Gasteiger partial charge in [0.15, 0.2) is 5.13 Å². The van der Waals surface area contributed by atoms with E-state index in [0.29, 0.717) is 22.3 Å². The molecule has 0 aliphatic heterocycles. The molecule has 0 fully saturated rings. The first kappa shape index (κ1) is 13.9. The van der Waals surface area contributed by atoms with Gasteiger partial charge in [-0.3, -0.25) is 4.79 Å². The second kappa shape index (κ2) is 5.71. The van der Waals surface area contributed by atoms with Crippen LogP contribution in [0, 0.1) is 0 Å². The maximum absolute atomic E-state index is 12.2. The Labute approximate surface area is 130 Å². The van der Waals surface area contributed by atoms with Crippen molar-refractivity contribution in [1.82, 2.24) is 10.3 Å². The number of carbonyl (C=O) groups excluding carboxylic acids is 1. The molecule has 0 bridgehead atoms. The minimum atomic E-state index is -0.126. The molecule has 1 heterocycles. The molecule has 0 aliphatic rings. The molecule has 4 nitrogen and oxygen atoms in total. The third-order valence-electron chi connectivity index (χ3n) is 3.03. The van der Waals surface area contributed by atoms with E-state index in [1.165, 1.54) is 11.3 Å². The van der Waals surface area contributed by atoms with Gasteiger partial charge in [0.25, 0.3) is 5.91 Å². The molecule has 21 heavy (non-hydrogen) atoms. The number of halogens is 1. The Hall–Kier alpha value is -2.11. The van der Waals surface area contributed by atoms with E-state index >= 15 is 0 Å². The van der Waals surface area contributed by atoms with Gasteiger partial charge in [-0.25, -0.2) is 4.98 Å². The molecule has 3 aromatic rings. The van der Waals surface area contributed by atoms with Crippen molar-refractivity contribution < 1.29 is 4.79 Å². The zero-order valence-electron chi connectivity index (χ0n) is 11.0. The highest BCUT2D eigenvalue weighted by molar-refractivity contribution is 7.22. The van der Waals surface area contributed by atoms with Gasteiger partial charge in [-0.2, -0.15) is 0 Å². The van der Waals surface area contributed by atoms with Gasteiger partial charge in [0.05, 0.1) is 10.2 Å². The lowest BCUT2D eigenvalue weighted by Gasteiger charge is -2.05. The van der Waals surface area contributed by atoms with Crippen molar-refractivity contribution in [2.75, 3.05) is 5.73 Å². The van der Waals surface area contributed by atoms with Gasteiger partial charge in [0.2, 0.25) is 0 Å². The van der Waals surface area contributed by atoms with Crippen molar-refractivity contribution in [3.63, 3.8) is 0 Å². The number of hydrogen-bond acceptors (Lipinski definition) is 4. The number of benzene rings is 2. The van der Waals surface area contributed by atoms with Gasteiger partial charge in [-0.1, -0.05) is 35.1 Å². The van der Waals surface area contributed by atoms with Crippen LogP contribution in [0.3, 0.4) is 0 Å². The Bertz CT molecular complexity index is 798. The normalized spacial score (nSPS) is 10.7. The van der Waals surface area contributed by atoms with Crippen LogP contribution in [0.25, 0.3) is 10.2 Å². The molecule has 0 aliphatic carbocycles. The molecule has 0 saturated carbocycles. The average Bonchev–Trinajstić information content (AvgIpc) is 2.85. The van der Waals surface area contributed by atoms with Gasteiger partial charge in [0.1, 0.15) is 0 Å². The quantitative estimate of drug-likeness (QED) is 0.777. The molecular weight excluding hydrogens is 306 g/mol. The number of nitrogen functional groups attached to an aromatic ring is 1. The maximum Gasteiger partial charge on any atom is 0.251 e. The first-order valence-corrected chi connectivity index (χ1v) is 7.50. The summed E-state index contributed by atoms with van der Waals surface area (Å²) in [5.41, 5.74) is 8.06. The Morgan fingerprint density at radius 3 is 2.76 bits per heavy atom. The summed E-state index contributed by atoms with van der Waals surface area (Å²) in [7, 11) is 0. The highest BCUT2D eigenvalue weighted by atomic mass is 35.5. The van der Waals surface area contributed by atoms with E-state index in [0.717, 1.165) is 15.8 Å². The summed E-state index contributed by atoms with van der Waals surface area (Å²) in [5.74, 6) is -0.126. The molecule has 0 radical (unpaired) electrons. The number of amides is 1. The number of nitrogens with one attached hydrogen (secondary N) is 1. The van der Waals surface area contributed by atoms with E-state index in [-0.39, 0.29) is 5.91 Å². The number of aromatic nitrogens is 1. The monoisotopic (exact) mass is 317 g/mol. The van der Waals surface area contributed by atoms with Gasteiger partial charge in [-0.15, -0.1) is 0 Å². The van der Waals surface area contributed by atoms with E-state index in [2.05, 4.69) is 10.3 Å². The van der Waals surface area contributed by atoms with Crippen molar-refractivity contribution in [3.8, 4) is 0 Å². The Kier molecular flexibility index (Phi) is 3.77. The molecule has 0 spiro atoms. The average molecular weight is 318 g/mol. The van der Waals surface area contributed by atoms with Gasteiger partial charge >= 0.3 is 0 Å². The lowest BCUT2D eigenvalue weighted by Crippen LogP contribution is -2.22. The van der Waals surface area contributed by atoms with Crippen LogP contribution in [0.2, 0.25) is 5.02 Å². The Balaban J connectivity index is 1.72. The minimum absolute atomic E-state index is 0.126. The Morgan fingerprint density at radius 2 is 2.00 bits per heavy atom. The number of nitrogens with two attached hydrogens (primary N) is 1. The zero-order valence-corrected chi connectivity index (χ0v) is 12.5. The van der Waals surface area contributed by atoms with Gasteiger partial charge in [-0.05, 0) is 35.9 Å². The first-order chi connectivity index (χ1) is 10.1. The number of fused-ring (bicyclic) bond motifs is 1. The molecule has 106 valence electrons. The van der Waals surface area contributed by atoms with E-state index in [1.807, 2.05) is 12.1 Å².